The third-order valence-electron chi connectivity index (χ3n) is 3.08. The van der Waals surface area contributed by atoms with Crippen molar-refractivity contribution in [3.05, 3.63) is 42.1 Å². The van der Waals surface area contributed by atoms with Gasteiger partial charge in [-0.1, -0.05) is 24.3 Å². The predicted molar refractivity (Wildman–Crippen MR) is 79.6 cm³/mol. The molecule has 19 heavy (non-hydrogen) atoms. The van der Waals surface area contributed by atoms with Gasteiger partial charge in [-0.3, -0.25) is 4.98 Å². The first-order valence-corrected chi connectivity index (χ1v) is 7.00. The third kappa shape index (κ3) is 4.16. The van der Waals surface area contributed by atoms with E-state index in [9.17, 15) is 0 Å². The van der Waals surface area contributed by atoms with E-state index < -0.39 is 0 Å². The number of halogens is 1. The number of para-hydroxylation sites is 1. The van der Waals surface area contributed by atoms with E-state index in [0.717, 1.165) is 30.8 Å². The SMILES string of the molecule is COCCC(CCl)NCc1ccc2ccccc2n1. The van der Waals surface area contributed by atoms with E-state index in [4.69, 9.17) is 16.3 Å². The Hall–Kier alpha value is -1.16. The standard InChI is InChI=1S/C15H19ClN2O/c1-19-9-8-13(10-16)17-11-14-7-6-12-4-2-3-5-15(12)18-14/h2-7,13,17H,8-11H2,1H3. The van der Waals surface area contributed by atoms with Gasteiger partial charge in [0.1, 0.15) is 0 Å². The molecule has 2 aromatic rings. The molecule has 0 aliphatic rings. The van der Waals surface area contributed by atoms with E-state index in [2.05, 4.69) is 28.5 Å². The maximum Gasteiger partial charge on any atom is 0.0705 e. The first kappa shape index (κ1) is 14.3. The van der Waals surface area contributed by atoms with Crippen LogP contribution in [0.4, 0.5) is 0 Å². The number of aromatic nitrogens is 1. The van der Waals surface area contributed by atoms with Crippen molar-refractivity contribution in [2.45, 2.75) is 19.0 Å². The largest absolute Gasteiger partial charge is 0.385 e. The highest BCUT2D eigenvalue weighted by Crippen LogP contribution is 2.11. The Morgan fingerprint density at radius 1 is 1.26 bits per heavy atom. The molecule has 1 atom stereocenters. The van der Waals surface area contributed by atoms with Crippen molar-refractivity contribution in [3.63, 3.8) is 0 Å². The Kier molecular flexibility index (Phi) is 5.58. The lowest BCUT2D eigenvalue weighted by atomic mass is 10.2. The van der Waals surface area contributed by atoms with Crippen LogP contribution >= 0.6 is 11.6 Å². The van der Waals surface area contributed by atoms with Gasteiger partial charge in [-0.05, 0) is 18.6 Å². The molecule has 0 amide bonds. The van der Waals surface area contributed by atoms with Crippen LogP contribution in [0.1, 0.15) is 12.1 Å². The highest BCUT2D eigenvalue weighted by atomic mass is 35.5. The van der Waals surface area contributed by atoms with Gasteiger partial charge in [-0.15, -0.1) is 11.6 Å². The average molecular weight is 279 g/mol. The van der Waals surface area contributed by atoms with Crippen molar-refractivity contribution in [1.29, 1.82) is 0 Å². The lowest BCUT2D eigenvalue weighted by Crippen LogP contribution is -2.31. The minimum atomic E-state index is 0.259. The Labute approximate surface area is 118 Å². The van der Waals surface area contributed by atoms with Gasteiger partial charge in [0.05, 0.1) is 11.2 Å². The molecule has 2 rings (SSSR count). The number of nitrogens with one attached hydrogen (secondary N) is 1. The summed E-state index contributed by atoms with van der Waals surface area (Å²) in [6.07, 6.45) is 0.910. The van der Waals surface area contributed by atoms with Crippen molar-refractivity contribution < 1.29 is 4.74 Å². The molecule has 1 heterocycles. The molecule has 4 heteroatoms. The summed E-state index contributed by atoms with van der Waals surface area (Å²) in [5.74, 6) is 0.580. The monoisotopic (exact) mass is 278 g/mol. The Balaban J connectivity index is 1.96. The minimum Gasteiger partial charge on any atom is -0.385 e. The Bertz CT molecular complexity index is 518. The molecule has 0 aliphatic heterocycles. The number of nitrogens with zero attached hydrogens (tertiary/aromatic N) is 1. The van der Waals surface area contributed by atoms with Gasteiger partial charge in [0, 0.05) is 37.6 Å². The molecule has 0 aliphatic carbocycles. The average Bonchev–Trinajstić information content (AvgIpc) is 2.47. The van der Waals surface area contributed by atoms with Gasteiger partial charge in [0.25, 0.3) is 0 Å². The number of benzene rings is 1. The quantitative estimate of drug-likeness (QED) is 0.791. The van der Waals surface area contributed by atoms with Crippen molar-refractivity contribution in [2.24, 2.45) is 0 Å². The fourth-order valence-electron chi connectivity index (χ4n) is 1.95. The number of pyridine rings is 1. The van der Waals surface area contributed by atoms with Crippen LogP contribution in [0.2, 0.25) is 0 Å². The first-order chi connectivity index (χ1) is 9.33. The molecule has 0 saturated carbocycles. The summed E-state index contributed by atoms with van der Waals surface area (Å²) < 4.78 is 5.07. The summed E-state index contributed by atoms with van der Waals surface area (Å²) in [5, 5.41) is 4.58. The predicted octanol–water partition coefficient (Wildman–Crippen LogP) is 2.97. The fraction of sp³-hybridized carbons (Fsp3) is 0.400. The summed E-state index contributed by atoms with van der Waals surface area (Å²) in [7, 11) is 1.70. The van der Waals surface area contributed by atoms with E-state index in [-0.39, 0.29) is 6.04 Å². The van der Waals surface area contributed by atoms with Crippen molar-refractivity contribution >= 4 is 22.5 Å². The van der Waals surface area contributed by atoms with Crippen LogP contribution in [-0.4, -0.2) is 30.6 Å². The second kappa shape index (κ2) is 7.43. The molecule has 0 saturated heterocycles. The Morgan fingerprint density at radius 2 is 2.11 bits per heavy atom. The molecule has 1 aromatic carbocycles. The summed E-state index contributed by atoms with van der Waals surface area (Å²) in [4.78, 5) is 4.62. The van der Waals surface area contributed by atoms with Crippen LogP contribution in [0.15, 0.2) is 36.4 Å². The van der Waals surface area contributed by atoms with Crippen LogP contribution in [-0.2, 0) is 11.3 Å². The maximum atomic E-state index is 5.93. The minimum absolute atomic E-state index is 0.259. The molecule has 0 radical (unpaired) electrons. The van der Waals surface area contributed by atoms with Gasteiger partial charge in [-0.25, -0.2) is 0 Å². The zero-order valence-corrected chi connectivity index (χ0v) is 11.9. The smallest absolute Gasteiger partial charge is 0.0705 e. The zero-order valence-electron chi connectivity index (χ0n) is 11.1. The van der Waals surface area contributed by atoms with E-state index >= 15 is 0 Å². The third-order valence-corrected chi connectivity index (χ3v) is 3.46. The van der Waals surface area contributed by atoms with Crippen LogP contribution in [0, 0.1) is 0 Å². The maximum absolute atomic E-state index is 5.93. The fourth-order valence-corrected chi connectivity index (χ4v) is 2.21. The number of fused-ring (bicyclic) bond motifs is 1. The van der Waals surface area contributed by atoms with Crippen LogP contribution < -0.4 is 5.32 Å². The molecule has 1 N–H and O–H groups in total. The number of ether oxygens (including phenoxy) is 1. The van der Waals surface area contributed by atoms with Gasteiger partial charge in [-0.2, -0.15) is 0 Å². The molecule has 1 unspecified atom stereocenters. The highest BCUT2D eigenvalue weighted by molar-refractivity contribution is 6.18. The number of rotatable bonds is 7. The molecule has 0 spiro atoms. The van der Waals surface area contributed by atoms with Crippen molar-refractivity contribution in [2.75, 3.05) is 19.6 Å². The lowest BCUT2D eigenvalue weighted by molar-refractivity contribution is 0.185. The number of alkyl halides is 1. The van der Waals surface area contributed by atoms with E-state index in [0.29, 0.717) is 5.88 Å². The highest BCUT2D eigenvalue weighted by Gasteiger charge is 2.07. The molecular weight excluding hydrogens is 260 g/mol. The zero-order chi connectivity index (χ0) is 13.5. The number of hydrogen-bond donors (Lipinski definition) is 1. The molecule has 3 nitrogen and oxygen atoms in total. The molecule has 102 valence electrons. The van der Waals surface area contributed by atoms with Crippen LogP contribution in [0.5, 0.6) is 0 Å². The first-order valence-electron chi connectivity index (χ1n) is 6.46. The molecule has 0 bridgehead atoms. The normalized spacial score (nSPS) is 12.7. The van der Waals surface area contributed by atoms with Gasteiger partial charge in [0.15, 0.2) is 0 Å². The summed E-state index contributed by atoms with van der Waals surface area (Å²) in [6.45, 7) is 1.45. The van der Waals surface area contributed by atoms with Gasteiger partial charge < -0.3 is 10.1 Å². The molecule has 0 fully saturated rings. The van der Waals surface area contributed by atoms with Crippen molar-refractivity contribution in [1.82, 2.24) is 10.3 Å². The van der Waals surface area contributed by atoms with Crippen LogP contribution in [0.3, 0.4) is 0 Å². The summed E-state index contributed by atoms with van der Waals surface area (Å²) in [6, 6.07) is 12.5. The van der Waals surface area contributed by atoms with Crippen molar-refractivity contribution in [3.8, 4) is 0 Å². The van der Waals surface area contributed by atoms with Gasteiger partial charge >= 0.3 is 0 Å². The van der Waals surface area contributed by atoms with E-state index in [1.165, 1.54) is 5.39 Å². The Morgan fingerprint density at radius 3 is 2.89 bits per heavy atom. The number of hydrogen-bond acceptors (Lipinski definition) is 3. The molecule has 1 aromatic heterocycles. The molecular formula is C15H19ClN2O. The second-order valence-corrected chi connectivity index (χ2v) is 4.82. The number of methoxy groups -OCH3 is 1. The van der Waals surface area contributed by atoms with E-state index in [1.54, 1.807) is 7.11 Å². The second-order valence-electron chi connectivity index (χ2n) is 4.51. The topological polar surface area (TPSA) is 34.1 Å². The summed E-state index contributed by atoms with van der Waals surface area (Å²) in [5.41, 5.74) is 2.06. The summed E-state index contributed by atoms with van der Waals surface area (Å²) >= 11 is 5.93. The van der Waals surface area contributed by atoms with Crippen LogP contribution in [0.25, 0.3) is 10.9 Å². The lowest BCUT2D eigenvalue weighted by Gasteiger charge is -2.15. The van der Waals surface area contributed by atoms with E-state index in [1.807, 2.05) is 18.2 Å². The van der Waals surface area contributed by atoms with Gasteiger partial charge in [0.2, 0.25) is 0 Å².